The SMILES string of the molecule is O=C1CN(C(=O)/C=C/c2cc(C(F)(F)F)cc(C(F)(F)F)c2)CCN1. The van der Waals surface area contributed by atoms with Gasteiger partial charge >= 0.3 is 12.4 Å². The highest BCUT2D eigenvalue weighted by atomic mass is 19.4. The zero-order valence-electron chi connectivity index (χ0n) is 12.5. The lowest BCUT2D eigenvalue weighted by Crippen LogP contribution is -2.49. The van der Waals surface area contributed by atoms with Gasteiger partial charge in [0.1, 0.15) is 0 Å². The first-order valence-corrected chi connectivity index (χ1v) is 7.00. The second-order valence-corrected chi connectivity index (χ2v) is 5.28. The van der Waals surface area contributed by atoms with Crippen LogP contribution in [0.1, 0.15) is 16.7 Å². The Hall–Kier alpha value is -2.52. The van der Waals surface area contributed by atoms with E-state index >= 15 is 0 Å². The zero-order valence-corrected chi connectivity index (χ0v) is 12.5. The van der Waals surface area contributed by atoms with Gasteiger partial charge in [0.2, 0.25) is 11.8 Å². The Morgan fingerprint density at radius 1 is 1.04 bits per heavy atom. The van der Waals surface area contributed by atoms with E-state index in [4.69, 9.17) is 0 Å². The molecule has 136 valence electrons. The summed E-state index contributed by atoms with van der Waals surface area (Å²) in [5, 5.41) is 2.48. The van der Waals surface area contributed by atoms with Crippen molar-refractivity contribution in [2.24, 2.45) is 0 Å². The van der Waals surface area contributed by atoms with Crippen molar-refractivity contribution in [3.05, 3.63) is 41.0 Å². The summed E-state index contributed by atoms with van der Waals surface area (Å²) in [5.74, 6) is -1.08. The summed E-state index contributed by atoms with van der Waals surface area (Å²) in [5.41, 5.74) is -3.35. The molecule has 4 nitrogen and oxygen atoms in total. The number of alkyl halides is 6. The van der Waals surface area contributed by atoms with Gasteiger partial charge in [-0.05, 0) is 29.8 Å². The first-order valence-electron chi connectivity index (χ1n) is 7.00. The van der Waals surface area contributed by atoms with Crippen LogP contribution in [0, 0.1) is 0 Å². The number of halogens is 6. The molecule has 0 spiro atoms. The number of piperazine rings is 1. The predicted molar refractivity (Wildman–Crippen MR) is 75.1 cm³/mol. The van der Waals surface area contributed by atoms with Crippen LogP contribution >= 0.6 is 0 Å². The molecule has 1 N–H and O–H groups in total. The van der Waals surface area contributed by atoms with Crippen LogP contribution in [0.25, 0.3) is 6.08 Å². The average Bonchev–Trinajstić information content (AvgIpc) is 2.50. The fourth-order valence-corrected chi connectivity index (χ4v) is 2.17. The summed E-state index contributed by atoms with van der Waals surface area (Å²) in [7, 11) is 0. The normalized spacial score (nSPS) is 16.2. The number of hydrogen-bond donors (Lipinski definition) is 1. The summed E-state index contributed by atoms with van der Waals surface area (Å²) < 4.78 is 76.5. The lowest BCUT2D eigenvalue weighted by Gasteiger charge is -2.25. The molecule has 2 rings (SSSR count). The molecule has 0 radical (unpaired) electrons. The average molecular weight is 366 g/mol. The van der Waals surface area contributed by atoms with Gasteiger partial charge in [-0.15, -0.1) is 0 Å². The fourth-order valence-electron chi connectivity index (χ4n) is 2.17. The maximum atomic E-state index is 12.8. The minimum absolute atomic E-state index is 0.00807. The summed E-state index contributed by atoms with van der Waals surface area (Å²) in [6.45, 7) is 0.199. The molecular formula is C15H12F6N2O2. The van der Waals surface area contributed by atoms with Crippen molar-refractivity contribution >= 4 is 17.9 Å². The Morgan fingerprint density at radius 2 is 1.60 bits per heavy atom. The van der Waals surface area contributed by atoms with Crippen LogP contribution in [-0.4, -0.2) is 36.3 Å². The number of amides is 2. The molecule has 1 aromatic rings. The van der Waals surface area contributed by atoms with Gasteiger partial charge in [-0.1, -0.05) is 0 Å². The standard InChI is InChI=1S/C15H12F6N2O2/c16-14(17,18)10-5-9(6-11(7-10)15(19,20)21)1-2-13(25)23-4-3-22-12(24)8-23/h1-2,5-7H,3-4,8H2,(H,22,24)/b2-1+. The van der Waals surface area contributed by atoms with Crippen LogP contribution in [0.2, 0.25) is 0 Å². The van der Waals surface area contributed by atoms with Crippen molar-refractivity contribution in [3.8, 4) is 0 Å². The molecule has 1 aromatic carbocycles. The minimum atomic E-state index is -4.96. The number of hydrogen-bond acceptors (Lipinski definition) is 2. The molecule has 0 bridgehead atoms. The van der Waals surface area contributed by atoms with E-state index in [0.717, 1.165) is 17.1 Å². The van der Waals surface area contributed by atoms with E-state index in [-0.39, 0.29) is 25.7 Å². The number of benzene rings is 1. The van der Waals surface area contributed by atoms with E-state index in [0.29, 0.717) is 12.1 Å². The van der Waals surface area contributed by atoms with Crippen molar-refractivity contribution in [1.29, 1.82) is 0 Å². The molecule has 0 aliphatic carbocycles. The van der Waals surface area contributed by atoms with Gasteiger partial charge < -0.3 is 10.2 Å². The molecular weight excluding hydrogens is 354 g/mol. The molecule has 25 heavy (non-hydrogen) atoms. The van der Waals surface area contributed by atoms with Crippen molar-refractivity contribution < 1.29 is 35.9 Å². The Kier molecular flexibility index (Phi) is 5.09. The first-order chi connectivity index (χ1) is 11.5. The van der Waals surface area contributed by atoms with Crippen LogP contribution < -0.4 is 5.32 Å². The van der Waals surface area contributed by atoms with Gasteiger partial charge in [0.15, 0.2) is 0 Å². The number of nitrogens with one attached hydrogen (secondary N) is 1. The van der Waals surface area contributed by atoms with Gasteiger partial charge in [0.05, 0.1) is 17.7 Å². The van der Waals surface area contributed by atoms with E-state index < -0.39 is 40.9 Å². The maximum Gasteiger partial charge on any atom is 0.416 e. The molecule has 2 amide bonds. The van der Waals surface area contributed by atoms with Crippen LogP contribution in [0.5, 0.6) is 0 Å². The molecule has 1 fully saturated rings. The smallest absolute Gasteiger partial charge is 0.353 e. The van der Waals surface area contributed by atoms with E-state index in [1.165, 1.54) is 0 Å². The molecule has 0 saturated carbocycles. The molecule has 0 unspecified atom stereocenters. The third-order valence-electron chi connectivity index (χ3n) is 3.38. The molecule has 0 atom stereocenters. The number of rotatable bonds is 2. The molecule has 0 aromatic heterocycles. The highest BCUT2D eigenvalue weighted by Crippen LogP contribution is 2.36. The lowest BCUT2D eigenvalue weighted by molar-refractivity contribution is -0.143. The summed E-state index contributed by atoms with van der Waals surface area (Å²) >= 11 is 0. The van der Waals surface area contributed by atoms with Crippen LogP contribution in [0.4, 0.5) is 26.3 Å². The molecule has 1 aliphatic heterocycles. The third kappa shape index (κ3) is 4.97. The van der Waals surface area contributed by atoms with Gasteiger partial charge in [0.25, 0.3) is 0 Å². The summed E-state index contributed by atoms with van der Waals surface area (Å²) in [4.78, 5) is 24.2. The molecule has 1 saturated heterocycles. The second-order valence-electron chi connectivity index (χ2n) is 5.28. The topological polar surface area (TPSA) is 49.4 Å². The quantitative estimate of drug-likeness (QED) is 0.646. The van der Waals surface area contributed by atoms with E-state index in [2.05, 4.69) is 5.32 Å². The monoisotopic (exact) mass is 366 g/mol. The minimum Gasteiger partial charge on any atom is -0.353 e. The summed E-state index contributed by atoms with van der Waals surface area (Å²) in [6, 6.07) is 1.04. The highest BCUT2D eigenvalue weighted by Gasteiger charge is 2.36. The van der Waals surface area contributed by atoms with Crippen LogP contribution in [0.15, 0.2) is 24.3 Å². The fraction of sp³-hybridized carbons (Fsp3) is 0.333. The molecule has 1 aliphatic rings. The number of carbonyl (C=O) groups is 2. The zero-order chi connectivity index (χ0) is 18.8. The van der Waals surface area contributed by atoms with E-state index in [1.54, 1.807) is 0 Å². The Labute approximate surface area is 138 Å². The Balaban J connectivity index is 2.28. The number of carbonyl (C=O) groups excluding carboxylic acids is 2. The van der Waals surface area contributed by atoms with Gasteiger partial charge in [-0.2, -0.15) is 26.3 Å². The number of nitrogens with zero attached hydrogens (tertiary/aromatic N) is 1. The van der Waals surface area contributed by atoms with Crippen molar-refractivity contribution in [3.63, 3.8) is 0 Å². The van der Waals surface area contributed by atoms with E-state index in [9.17, 15) is 35.9 Å². The molecule has 1 heterocycles. The molecule has 10 heteroatoms. The lowest BCUT2D eigenvalue weighted by atomic mass is 10.0. The van der Waals surface area contributed by atoms with Crippen LogP contribution in [0.3, 0.4) is 0 Å². The van der Waals surface area contributed by atoms with Crippen molar-refractivity contribution in [1.82, 2.24) is 10.2 Å². The van der Waals surface area contributed by atoms with Gasteiger partial charge in [-0.25, -0.2) is 0 Å². The van der Waals surface area contributed by atoms with Crippen molar-refractivity contribution in [2.45, 2.75) is 12.4 Å². The third-order valence-corrected chi connectivity index (χ3v) is 3.38. The van der Waals surface area contributed by atoms with Crippen molar-refractivity contribution in [2.75, 3.05) is 19.6 Å². The Bertz CT molecular complexity index is 677. The van der Waals surface area contributed by atoms with E-state index in [1.807, 2.05) is 0 Å². The Morgan fingerprint density at radius 3 is 2.08 bits per heavy atom. The second kappa shape index (κ2) is 6.77. The summed E-state index contributed by atoms with van der Waals surface area (Å²) in [6.07, 6.45) is -8.22. The highest BCUT2D eigenvalue weighted by molar-refractivity contribution is 5.95. The van der Waals surface area contributed by atoms with Gasteiger partial charge in [-0.3, -0.25) is 9.59 Å². The van der Waals surface area contributed by atoms with Crippen LogP contribution in [-0.2, 0) is 21.9 Å². The van der Waals surface area contributed by atoms with Gasteiger partial charge in [0, 0.05) is 19.2 Å². The maximum absolute atomic E-state index is 12.8. The first kappa shape index (κ1) is 18.8. The predicted octanol–water partition coefficient (Wildman–Crippen LogP) is 2.70. The largest absolute Gasteiger partial charge is 0.416 e.